The summed E-state index contributed by atoms with van der Waals surface area (Å²) in [6.45, 7) is 2.80. The summed E-state index contributed by atoms with van der Waals surface area (Å²) in [7, 11) is 4.37. The van der Waals surface area contributed by atoms with Gasteiger partial charge in [-0.3, -0.25) is 0 Å². The van der Waals surface area contributed by atoms with Gasteiger partial charge < -0.3 is 15.5 Å². The summed E-state index contributed by atoms with van der Waals surface area (Å²) in [5.74, 6) is 1.07. The highest BCUT2D eigenvalue weighted by Crippen LogP contribution is 2.28. The molecule has 4 heteroatoms. The first-order chi connectivity index (χ1) is 10.2. The second-order valence-electron chi connectivity index (χ2n) is 6.01. The van der Waals surface area contributed by atoms with E-state index in [4.69, 9.17) is 10.7 Å². The van der Waals surface area contributed by atoms with E-state index < -0.39 is 0 Å². The summed E-state index contributed by atoms with van der Waals surface area (Å²) in [5, 5.41) is 2.44. The molecule has 0 unspecified atom stereocenters. The Morgan fingerprint density at radius 3 is 2.71 bits per heavy atom. The van der Waals surface area contributed by atoms with Crippen molar-refractivity contribution in [3.05, 3.63) is 36.0 Å². The Hall–Kier alpha value is -1.65. The van der Waals surface area contributed by atoms with E-state index in [0.29, 0.717) is 12.6 Å². The van der Waals surface area contributed by atoms with Gasteiger partial charge in [0.2, 0.25) is 0 Å². The molecule has 4 nitrogen and oxygen atoms in total. The summed E-state index contributed by atoms with van der Waals surface area (Å²) in [6, 6.07) is 11.1. The number of fused-ring (bicyclic) bond motifs is 1. The van der Waals surface area contributed by atoms with Gasteiger partial charge in [0.05, 0.1) is 5.69 Å². The molecule has 1 aromatic heterocycles. The predicted molar refractivity (Wildman–Crippen MR) is 88.6 cm³/mol. The maximum Gasteiger partial charge on any atom is 0.136 e. The van der Waals surface area contributed by atoms with Crippen LogP contribution in [0.2, 0.25) is 0 Å². The number of hydrogen-bond acceptors (Lipinski definition) is 4. The molecule has 1 fully saturated rings. The van der Waals surface area contributed by atoms with Crippen LogP contribution in [0.5, 0.6) is 0 Å². The fourth-order valence-electron chi connectivity index (χ4n) is 3.16. The van der Waals surface area contributed by atoms with Crippen LogP contribution in [0.1, 0.15) is 18.5 Å². The molecule has 1 saturated heterocycles. The van der Waals surface area contributed by atoms with E-state index >= 15 is 0 Å². The molecule has 2 heterocycles. The molecule has 2 N–H and O–H groups in total. The third kappa shape index (κ3) is 2.87. The molecule has 0 bridgehead atoms. The molecule has 112 valence electrons. The quantitative estimate of drug-likeness (QED) is 0.939. The summed E-state index contributed by atoms with van der Waals surface area (Å²) in [4.78, 5) is 9.55. The topological polar surface area (TPSA) is 45.4 Å². The third-order valence-corrected chi connectivity index (χ3v) is 4.55. The lowest BCUT2D eigenvalue weighted by molar-refractivity contribution is 0.252. The van der Waals surface area contributed by atoms with Gasteiger partial charge in [0.25, 0.3) is 0 Å². The molecule has 0 radical (unpaired) electrons. The number of piperidine rings is 1. The maximum absolute atomic E-state index is 5.82. The van der Waals surface area contributed by atoms with Crippen LogP contribution in [-0.4, -0.2) is 43.1 Å². The van der Waals surface area contributed by atoms with Crippen molar-refractivity contribution in [2.75, 3.05) is 32.1 Å². The number of likely N-dealkylation sites (tertiary alicyclic amines) is 1. The van der Waals surface area contributed by atoms with Gasteiger partial charge in [0.15, 0.2) is 0 Å². The fourth-order valence-corrected chi connectivity index (χ4v) is 3.16. The van der Waals surface area contributed by atoms with Crippen LogP contribution in [0.25, 0.3) is 10.8 Å². The standard InChI is InChI=1S/C17H24N4/c1-20-9-7-15(8-10-20)21(2)17-16-6-4-3-5-13(16)11-14(12-18)19-17/h3-6,11,15H,7-10,12,18H2,1-2H3. The van der Waals surface area contributed by atoms with Gasteiger partial charge in [-0.15, -0.1) is 0 Å². The second-order valence-corrected chi connectivity index (χ2v) is 6.01. The highest BCUT2D eigenvalue weighted by atomic mass is 15.2. The first-order valence-electron chi connectivity index (χ1n) is 7.69. The molecule has 0 aliphatic carbocycles. The summed E-state index contributed by atoms with van der Waals surface area (Å²) in [6.07, 6.45) is 2.38. The van der Waals surface area contributed by atoms with Gasteiger partial charge in [-0.25, -0.2) is 4.98 Å². The fraction of sp³-hybridized carbons (Fsp3) is 0.471. The van der Waals surface area contributed by atoms with Gasteiger partial charge >= 0.3 is 0 Å². The Bertz CT molecular complexity index is 617. The minimum absolute atomic E-state index is 0.485. The molecular weight excluding hydrogens is 260 g/mol. The summed E-state index contributed by atoms with van der Waals surface area (Å²) in [5.41, 5.74) is 6.78. The largest absolute Gasteiger partial charge is 0.356 e. The molecule has 0 amide bonds. The molecule has 21 heavy (non-hydrogen) atoms. The van der Waals surface area contributed by atoms with Crippen molar-refractivity contribution in [1.29, 1.82) is 0 Å². The molecular formula is C17H24N4. The average molecular weight is 284 g/mol. The molecule has 0 spiro atoms. The van der Waals surface area contributed by atoms with Crippen molar-refractivity contribution in [1.82, 2.24) is 9.88 Å². The first kappa shape index (κ1) is 14.3. The van der Waals surface area contributed by atoms with E-state index in [1.54, 1.807) is 0 Å². The van der Waals surface area contributed by atoms with Gasteiger partial charge in [-0.1, -0.05) is 24.3 Å². The number of aromatic nitrogens is 1. The first-order valence-corrected chi connectivity index (χ1v) is 7.69. The van der Waals surface area contributed by atoms with Crippen LogP contribution in [0, 0.1) is 0 Å². The maximum atomic E-state index is 5.82. The van der Waals surface area contributed by atoms with E-state index in [9.17, 15) is 0 Å². The molecule has 2 aromatic rings. The van der Waals surface area contributed by atoms with Crippen molar-refractivity contribution >= 4 is 16.6 Å². The molecule has 0 atom stereocenters. The SMILES string of the molecule is CN1CCC(N(C)c2nc(CN)cc3ccccc23)CC1. The lowest BCUT2D eigenvalue weighted by Gasteiger charge is -2.36. The van der Waals surface area contributed by atoms with E-state index in [-0.39, 0.29) is 0 Å². The zero-order valence-corrected chi connectivity index (χ0v) is 12.9. The van der Waals surface area contributed by atoms with Gasteiger partial charge in [0, 0.05) is 25.0 Å². The average Bonchev–Trinajstić information content (AvgIpc) is 2.53. The van der Waals surface area contributed by atoms with Crippen LogP contribution in [0.15, 0.2) is 30.3 Å². The van der Waals surface area contributed by atoms with E-state index in [0.717, 1.165) is 24.6 Å². The number of hydrogen-bond donors (Lipinski definition) is 1. The minimum Gasteiger partial charge on any atom is -0.356 e. The van der Waals surface area contributed by atoms with Crippen molar-refractivity contribution in [3.63, 3.8) is 0 Å². The Kier molecular flexibility index (Phi) is 4.08. The summed E-state index contributed by atoms with van der Waals surface area (Å²) < 4.78 is 0. The van der Waals surface area contributed by atoms with E-state index in [1.165, 1.54) is 23.6 Å². The van der Waals surface area contributed by atoms with Gasteiger partial charge in [-0.05, 0) is 44.4 Å². The highest BCUT2D eigenvalue weighted by molar-refractivity contribution is 5.92. The van der Waals surface area contributed by atoms with E-state index in [2.05, 4.69) is 54.2 Å². The zero-order chi connectivity index (χ0) is 14.8. The highest BCUT2D eigenvalue weighted by Gasteiger charge is 2.22. The number of nitrogens with two attached hydrogens (primary N) is 1. The minimum atomic E-state index is 0.485. The number of rotatable bonds is 3. The predicted octanol–water partition coefficient (Wildman–Crippen LogP) is 2.22. The summed E-state index contributed by atoms with van der Waals surface area (Å²) >= 11 is 0. The number of nitrogens with zero attached hydrogens (tertiary/aromatic N) is 3. The molecule has 3 rings (SSSR count). The Labute approximate surface area is 126 Å². The third-order valence-electron chi connectivity index (χ3n) is 4.55. The van der Waals surface area contributed by atoms with Gasteiger partial charge in [-0.2, -0.15) is 0 Å². The lowest BCUT2D eigenvalue weighted by atomic mass is 10.0. The zero-order valence-electron chi connectivity index (χ0n) is 12.9. The Balaban J connectivity index is 1.98. The number of benzene rings is 1. The molecule has 0 saturated carbocycles. The molecule has 1 aliphatic rings. The van der Waals surface area contributed by atoms with Crippen molar-refractivity contribution < 1.29 is 0 Å². The van der Waals surface area contributed by atoms with Crippen LogP contribution < -0.4 is 10.6 Å². The smallest absolute Gasteiger partial charge is 0.136 e. The van der Waals surface area contributed by atoms with Crippen molar-refractivity contribution in [3.8, 4) is 0 Å². The van der Waals surface area contributed by atoms with Crippen LogP contribution in [0.4, 0.5) is 5.82 Å². The normalized spacial score (nSPS) is 17.3. The number of anilines is 1. The monoisotopic (exact) mass is 284 g/mol. The Morgan fingerprint density at radius 2 is 2.00 bits per heavy atom. The van der Waals surface area contributed by atoms with E-state index in [1.807, 2.05) is 0 Å². The lowest BCUT2D eigenvalue weighted by Crippen LogP contribution is -2.42. The number of pyridine rings is 1. The van der Waals surface area contributed by atoms with Crippen LogP contribution in [-0.2, 0) is 6.54 Å². The van der Waals surface area contributed by atoms with Crippen molar-refractivity contribution in [2.45, 2.75) is 25.4 Å². The van der Waals surface area contributed by atoms with Crippen LogP contribution >= 0.6 is 0 Å². The second kappa shape index (κ2) is 6.00. The Morgan fingerprint density at radius 1 is 1.29 bits per heavy atom. The molecule has 1 aromatic carbocycles. The molecule has 1 aliphatic heterocycles. The van der Waals surface area contributed by atoms with Crippen molar-refractivity contribution in [2.24, 2.45) is 5.73 Å². The van der Waals surface area contributed by atoms with Gasteiger partial charge in [0.1, 0.15) is 5.82 Å². The van der Waals surface area contributed by atoms with Crippen LogP contribution in [0.3, 0.4) is 0 Å².